The number of hydrazone groups is 1. The minimum atomic E-state index is -0.387. The Hall–Kier alpha value is -3.20. The van der Waals surface area contributed by atoms with Gasteiger partial charge in [-0.25, -0.2) is 9.80 Å². The molecule has 1 aliphatic rings. The Morgan fingerprint density at radius 2 is 1.93 bits per heavy atom. The summed E-state index contributed by atoms with van der Waals surface area (Å²) in [6.45, 7) is 5.52. The van der Waals surface area contributed by atoms with Crippen LogP contribution in [0.5, 0.6) is 0 Å². The molecule has 0 radical (unpaired) electrons. The molecule has 0 aliphatic carbocycles. The largest absolute Gasteiger partial charge is 0.383 e. The minimum Gasteiger partial charge on any atom is -0.383 e. The summed E-state index contributed by atoms with van der Waals surface area (Å²) in [6, 6.07) is 7.75. The zero-order valence-corrected chi connectivity index (χ0v) is 17.0. The van der Waals surface area contributed by atoms with Gasteiger partial charge in [0.05, 0.1) is 32.0 Å². The van der Waals surface area contributed by atoms with Crippen LogP contribution in [0.4, 0.5) is 5.95 Å². The van der Waals surface area contributed by atoms with E-state index in [0.717, 1.165) is 16.8 Å². The van der Waals surface area contributed by atoms with E-state index in [0.29, 0.717) is 36.8 Å². The SMILES string of the molecule is COCCN1N=C(C)Cn2c1nc1c2c(=O)n(Cc2ccccc2C)c(=O)n1C. The van der Waals surface area contributed by atoms with Gasteiger partial charge in [0, 0.05) is 14.2 Å². The molecule has 0 N–H and O–H groups in total. The van der Waals surface area contributed by atoms with Crippen LogP contribution in [0.2, 0.25) is 0 Å². The molecule has 2 aromatic heterocycles. The first-order chi connectivity index (χ1) is 13.9. The molecular weight excluding hydrogens is 372 g/mol. The van der Waals surface area contributed by atoms with Gasteiger partial charge in [0.15, 0.2) is 11.2 Å². The Bertz CT molecular complexity index is 1230. The Morgan fingerprint density at radius 1 is 1.17 bits per heavy atom. The summed E-state index contributed by atoms with van der Waals surface area (Å²) in [5.41, 5.74) is 2.87. The second-order valence-electron chi connectivity index (χ2n) is 7.28. The summed E-state index contributed by atoms with van der Waals surface area (Å²) in [5, 5.41) is 6.25. The second-order valence-corrected chi connectivity index (χ2v) is 7.28. The van der Waals surface area contributed by atoms with Gasteiger partial charge in [-0.15, -0.1) is 0 Å². The molecule has 0 saturated heterocycles. The molecule has 9 nitrogen and oxygen atoms in total. The third kappa shape index (κ3) is 3.17. The van der Waals surface area contributed by atoms with E-state index < -0.39 is 0 Å². The molecule has 0 amide bonds. The number of ether oxygens (including phenoxy) is 1. The maximum absolute atomic E-state index is 13.4. The van der Waals surface area contributed by atoms with Crippen molar-refractivity contribution in [2.24, 2.45) is 12.1 Å². The van der Waals surface area contributed by atoms with Crippen molar-refractivity contribution in [3.05, 3.63) is 56.2 Å². The van der Waals surface area contributed by atoms with Crippen LogP contribution in [0.15, 0.2) is 39.0 Å². The number of methoxy groups -OCH3 is 1. The lowest BCUT2D eigenvalue weighted by molar-refractivity contribution is 0.205. The first kappa shape index (κ1) is 19.1. The normalized spacial score (nSPS) is 13.7. The number of anilines is 1. The fourth-order valence-corrected chi connectivity index (χ4v) is 3.64. The smallest absolute Gasteiger partial charge is 0.332 e. The highest BCUT2D eigenvalue weighted by molar-refractivity contribution is 5.87. The summed E-state index contributed by atoms with van der Waals surface area (Å²) in [4.78, 5) is 30.9. The standard InChI is InChI=1S/C20H24N6O3/c1-13-7-5-6-8-15(13)12-25-18(27)16-17(23(3)20(25)28)21-19-24(16)11-14(2)22-26(19)9-10-29-4/h5-8H,9-12H2,1-4H3. The quantitative estimate of drug-likeness (QED) is 0.645. The van der Waals surface area contributed by atoms with Crippen LogP contribution in [0.1, 0.15) is 18.1 Å². The average Bonchev–Trinajstić information content (AvgIpc) is 3.08. The molecular formula is C20H24N6O3. The number of aryl methyl sites for hydroxylation is 2. The van der Waals surface area contributed by atoms with Crippen LogP contribution in [-0.2, 0) is 24.9 Å². The third-order valence-electron chi connectivity index (χ3n) is 5.22. The van der Waals surface area contributed by atoms with Crippen molar-refractivity contribution in [3.63, 3.8) is 0 Å². The molecule has 0 spiro atoms. The molecule has 1 aromatic carbocycles. The van der Waals surface area contributed by atoms with Crippen LogP contribution < -0.4 is 16.3 Å². The van der Waals surface area contributed by atoms with Crippen LogP contribution in [-0.4, -0.2) is 44.7 Å². The number of benzene rings is 1. The van der Waals surface area contributed by atoms with E-state index in [4.69, 9.17) is 4.74 Å². The maximum Gasteiger partial charge on any atom is 0.332 e. The zero-order valence-electron chi connectivity index (χ0n) is 17.0. The molecule has 3 heterocycles. The molecule has 1 aliphatic heterocycles. The van der Waals surface area contributed by atoms with E-state index in [-0.39, 0.29) is 17.8 Å². The fourth-order valence-electron chi connectivity index (χ4n) is 3.64. The van der Waals surface area contributed by atoms with E-state index in [9.17, 15) is 9.59 Å². The van der Waals surface area contributed by atoms with Crippen molar-refractivity contribution in [3.8, 4) is 0 Å². The van der Waals surface area contributed by atoms with E-state index in [1.165, 1.54) is 9.13 Å². The van der Waals surface area contributed by atoms with E-state index in [2.05, 4.69) is 10.1 Å². The number of hydrogen-bond acceptors (Lipinski definition) is 6. The first-order valence-corrected chi connectivity index (χ1v) is 9.47. The van der Waals surface area contributed by atoms with Crippen molar-refractivity contribution in [1.82, 2.24) is 18.7 Å². The lowest BCUT2D eigenvalue weighted by Gasteiger charge is -2.24. The molecule has 152 valence electrons. The van der Waals surface area contributed by atoms with Gasteiger partial charge in [-0.05, 0) is 25.0 Å². The monoisotopic (exact) mass is 396 g/mol. The van der Waals surface area contributed by atoms with E-state index in [1.807, 2.05) is 42.7 Å². The maximum atomic E-state index is 13.4. The van der Waals surface area contributed by atoms with Gasteiger partial charge in [-0.1, -0.05) is 24.3 Å². The predicted molar refractivity (Wildman–Crippen MR) is 112 cm³/mol. The Balaban J connectivity index is 1.92. The van der Waals surface area contributed by atoms with Crippen LogP contribution >= 0.6 is 0 Å². The van der Waals surface area contributed by atoms with Crippen molar-refractivity contribution >= 4 is 22.8 Å². The second kappa shape index (κ2) is 7.32. The summed E-state index contributed by atoms with van der Waals surface area (Å²) in [7, 11) is 3.27. The topological polar surface area (TPSA) is 86.7 Å². The van der Waals surface area contributed by atoms with Gasteiger partial charge >= 0.3 is 5.69 Å². The molecule has 9 heteroatoms. The molecule has 0 atom stereocenters. The first-order valence-electron chi connectivity index (χ1n) is 9.47. The number of nitrogens with zero attached hydrogens (tertiary/aromatic N) is 6. The Morgan fingerprint density at radius 3 is 2.66 bits per heavy atom. The van der Waals surface area contributed by atoms with Gasteiger partial charge < -0.3 is 4.74 Å². The lowest BCUT2D eigenvalue weighted by atomic mass is 10.1. The van der Waals surface area contributed by atoms with Crippen molar-refractivity contribution < 1.29 is 4.74 Å². The van der Waals surface area contributed by atoms with Crippen LogP contribution in [0.25, 0.3) is 11.2 Å². The average molecular weight is 396 g/mol. The fraction of sp³-hybridized carbons (Fsp3) is 0.400. The Labute approximate surface area is 167 Å². The highest BCUT2D eigenvalue weighted by atomic mass is 16.5. The van der Waals surface area contributed by atoms with Crippen LogP contribution in [0, 0.1) is 6.92 Å². The molecule has 0 unspecified atom stereocenters. The molecule has 3 aromatic rings. The lowest BCUT2D eigenvalue weighted by Crippen LogP contribution is -2.40. The van der Waals surface area contributed by atoms with Gasteiger partial charge in [0.2, 0.25) is 5.95 Å². The molecule has 0 fully saturated rings. The summed E-state index contributed by atoms with van der Waals surface area (Å²) in [5.74, 6) is 0.545. The van der Waals surface area contributed by atoms with E-state index >= 15 is 0 Å². The van der Waals surface area contributed by atoms with Crippen molar-refractivity contribution in [1.29, 1.82) is 0 Å². The molecule has 29 heavy (non-hydrogen) atoms. The number of imidazole rings is 1. The predicted octanol–water partition coefficient (Wildman–Crippen LogP) is 1.10. The highest BCUT2D eigenvalue weighted by Crippen LogP contribution is 2.23. The van der Waals surface area contributed by atoms with E-state index in [1.54, 1.807) is 19.2 Å². The third-order valence-corrected chi connectivity index (χ3v) is 5.22. The zero-order chi connectivity index (χ0) is 20.7. The Kier molecular flexibility index (Phi) is 4.83. The number of hydrogen-bond donors (Lipinski definition) is 0. The minimum absolute atomic E-state index is 0.217. The van der Waals surface area contributed by atoms with Crippen molar-refractivity contribution in [2.75, 3.05) is 25.3 Å². The van der Waals surface area contributed by atoms with Gasteiger partial charge in [0.25, 0.3) is 5.56 Å². The summed E-state index contributed by atoms with van der Waals surface area (Å²) < 4.78 is 9.71. The van der Waals surface area contributed by atoms with Crippen LogP contribution in [0.3, 0.4) is 0 Å². The molecule has 0 saturated carbocycles. The van der Waals surface area contributed by atoms with Gasteiger partial charge in [-0.3, -0.25) is 18.5 Å². The van der Waals surface area contributed by atoms with Gasteiger partial charge in [0.1, 0.15) is 0 Å². The number of aromatic nitrogens is 4. The van der Waals surface area contributed by atoms with Crippen molar-refractivity contribution in [2.45, 2.75) is 26.9 Å². The summed E-state index contributed by atoms with van der Waals surface area (Å²) in [6.07, 6.45) is 0. The number of rotatable bonds is 5. The van der Waals surface area contributed by atoms with Gasteiger partial charge in [-0.2, -0.15) is 10.1 Å². The molecule has 4 rings (SSSR count). The highest BCUT2D eigenvalue weighted by Gasteiger charge is 2.26. The molecule has 0 bridgehead atoms. The number of fused-ring (bicyclic) bond motifs is 3. The summed E-state index contributed by atoms with van der Waals surface area (Å²) >= 11 is 0.